The Labute approximate surface area is 129 Å². The summed E-state index contributed by atoms with van der Waals surface area (Å²) in [4.78, 5) is 26.5. The van der Waals surface area contributed by atoms with E-state index in [4.69, 9.17) is 5.11 Å². The Bertz CT molecular complexity index is 651. The van der Waals surface area contributed by atoms with Gasteiger partial charge in [0.2, 0.25) is 0 Å². The Morgan fingerprint density at radius 2 is 2.14 bits per heavy atom. The topological polar surface area (TPSA) is 69.6 Å². The van der Waals surface area contributed by atoms with Crippen molar-refractivity contribution in [2.75, 3.05) is 11.9 Å². The molecule has 0 saturated carbocycles. The van der Waals surface area contributed by atoms with Gasteiger partial charge in [-0.3, -0.25) is 5.32 Å². The Hall–Kier alpha value is -1.86. The van der Waals surface area contributed by atoms with Crippen LogP contribution in [0.2, 0.25) is 0 Å². The van der Waals surface area contributed by atoms with Crippen LogP contribution in [0.5, 0.6) is 0 Å². The highest BCUT2D eigenvalue weighted by molar-refractivity contribution is 7.14. The summed E-state index contributed by atoms with van der Waals surface area (Å²) in [6.07, 6.45) is 1.91. The van der Waals surface area contributed by atoms with Crippen molar-refractivity contribution in [3.63, 3.8) is 0 Å². The van der Waals surface area contributed by atoms with Gasteiger partial charge in [0.15, 0.2) is 0 Å². The van der Waals surface area contributed by atoms with Gasteiger partial charge in [-0.15, -0.1) is 22.7 Å². The number of hydrogen-bond donors (Lipinski definition) is 2. The number of carboxylic acids is 1. The van der Waals surface area contributed by atoms with Crippen molar-refractivity contribution >= 4 is 39.7 Å². The molecular formula is C14H14N2O3S2. The Morgan fingerprint density at radius 1 is 1.29 bits per heavy atom. The van der Waals surface area contributed by atoms with Gasteiger partial charge in [-0.25, -0.2) is 9.59 Å². The number of likely N-dealkylation sites (tertiary alicyclic amines) is 1. The lowest BCUT2D eigenvalue weighted by Gasteiger charge is -2.24. The number of anilines is 1. The number of carbonyl (C=O) groups excluding carboxylic acids is 1. The minimum absolute atomic E-state index is 0.0956. The number of rotatable bonds is 3. The first kappa shape index (κ1) is 14.1. The first-order valence-corrected chi connectivity index (χ1v) is 8.34. The molecule has 0 radical (unpaired) electrons. The number of aromatic carboxylic acids is 1. The fourth-order valence-electron chi connectivity index (χ4n) is 2.53. The molecule has 0 aliphatic carbocycles. The van der Waals surface area contributed by atoms with Crippen LogP contribution in [-0.2, 0) is 0 Å². The highest BCUT2D eigenvalue weighted by Crippen LogP contribution is 2.35. The van der Waals surface area contributed by atoms with E-state index in [2.05, 4.69) is 5.32 Å². The maximum Gasteiger partial charge on any atom is 0.338 e. The molecule has 0 bridgehead atoms. The number of nitrogens with zero attached hydrogens (tertiary/aromatic N) is 1. The summed E-state index contributed by atoms with van der Waals surface area (Å²) in [6, 6.07) is 5.39. The lowest BCUT2D eigenvalue weighted by molar-refractivity contribution is 0.0698. The van der Waals surface area contributed by atoms with Crippen LogP contribution in [0, 0.1) is 0 Å². The summed E-state index contributed by atoms with van der Waals surface area (Å²) < 4.78 is 0. The highest BCUT2D eigenvalue weighted by atomic mass is 32.1. The quantitative estimate of drug-likeness (QED) is 0.901. The molecule has 2 N–H and O–H groups in total. The minimum Gasteiger partial charge on any atom is -0.478 e. The van der Waals surface area contributed by atoms with E-state index in [1.807, 2.05) is 17.5 Å². The molecule has 2 amide bonds. The molecule has 21 heavy (non-hydrogen) atoms. The van der Waals surface area contributed by atoms with Gasteiger partial charge in [-0.1, -0.05) is 6.07 Å². The van der Waals surface area contributed by atoms with Crippen LogP contribution in [-0.4, -0.2) is 28.6 Å². The van der Waals surface area contributed by atoms with E-state index >= 15 is 0 Å². The molecule has 2 aromatic heterocycles. The molecule has 5 nitrogen and oxygen atoms in total. The van der Waals surface area contributed by atoms with Gasteiger partial charge >= 0.3 is 12.0 Å². The standard InChI is InChI=1S/C14H14N2O3S2/c17-13(18)9-5-8-21-12(9)15-14(19)16-6-1-3-10(16)11-4-2-7-20-11/h2,4-5,7-8,10H,1,3,6H2,(H,15,19)(H,17,18). The van der Waals surface area contributed by atoms with Gasteiger partial charge in [0.05, 0.1) is 11.6 Å². The molecule has 3 rings (SSSR count). The van der Waals surface area contributed by atoms with Gasteiger partial charge in [-0.05, 0) is 35.7 Å². The number of carbonyl (C=O) groups is 2. The largest absolute Gasteiger partial charge is 0.478 e. The van der Waals surface area contributed by atoms with Gasteiger partial charge in [-0.2, -0.15) is 0 Å². The van der Waals surface area contributed by atoms with Crippen molar-refractivity contribution in [3.8, 4) is 0 Å². The number of hydrogen-bond acceptors (Lipinski definition) is 4. The second kappa shape index (κ2) is 5.87. The number of nitrogens with one attached hydrogen (secondary N) is 1. The molecule has 110 valence electrons. The van der Waals surface area contributed by atoms with Crippen molar-refractivity contribution < 1.29 is 14.7 Å². The first-order chi connectivity index (χ1) is 10.2. The maximum absolute atomic E-state index is 12.4. The van der Waals surface area contributed by atoms with Crippen LogP contribution in [0.4, 0.5) is 9.80 Å². The fourth-order valence-corrected chi connectivity index (χ4v) is 4.17. The molecule has 1 aliphatic rings. The monoisotopic (exact) mass is 322 g/mol. The van der Waals surface area contributed by atoms with Gasteiger partial charge in [0, 0.05) is 11.4 Å². The third kappa shape index (κ3) is 2.79. The summed E-state index contributed by atoms with van der Waals surface area (Å²) in [6.45, 7) is 0.697. The molecule has 1 saturated heterocycles. The van der Waals surface area contributed by atoms with Gasteiger partial charge in [0.1, 0.15) is 5.00 Å². The molecule has 0 aromatic carbocycles. The first-order valence-electron chi connectivity index (χ1n) is 6.58. The van der Waals surface area contributed by atoms with E-state index in [-0.39, 0.29) is 17.6 Å². The predicted molar refractivity (Wildman–Crippen MR) is 83.3 cm³/mol. The second-order valence-corrected chi connectivity index (χ2v) is 6.66. The predicted octanol–water partition coefficient (Wildman–Crippen LogP) is 3.88. The van der Waals surface area contributed by atoms with Crippen LogP contribution >= 0.6 is 22.7 Å². The van der Waals surface area contributed by atoms with Crippen LogP contribution in [0.15, 0.2) is 29.0 Å². The molecule has 1 unspecified atom stereocenters. The number of carboxylic acid groups (broad SMARTS) is 1. The third-order valence-corrected chi connectivity index (χ3v) is 5.30. The van der Waals surface area contributed by atoms with Gasteiger partial charge < -0.3 is 10.0 Å². The lowest BCUT2D eigenvalue weighted by atomic mass is 10.2. The minimum atomic E-state index is -1.03. The fraction of sp³-hybridized carbons (Fsp3) is 0.286. The molecular weight excluding hydrogens is 308 g/mol. The Kier molecular flexibility index (Phi) is 3.94. The molecule has 1 atom stereocenters. The zero-order chi connectivity index (χ0) is 14.8. The molecule has 7 heteroatoms. The summed E-state index contributed by atoms with van der Waals surface area (Å²) in [7, 11) is 0. The zero-order valence-corrected chi connectivity index (χ0v) is 12.7. The van der Waals surface area contributed by atoms with Gasteiger partial charge in [0.25, 0.3) is 0 Å². The number of amides is 2. The molecule has 3 heterocycles. The van der Waals surface area contributed by atoms with E-state index in [9.17, 15) is 9.59 Å². The van der Waals surface area contributed by atoms with E-state index in [0.717, 1.165) is 12.8 Å². The van der Waals surface area contributed by atoms with E-state index in [1.165, 1.54) is 22.3 Å². The van der Waals surface area contributed by atoms with Crippen molar-refractivity contribution in [1.29, 1.82) is 0 Å². The number of thiophene rings is 2. The van der Waals surface area contributed by atoms with Crippen molar-refractivity contribution in [3.05, 3.63) is 39.4 Å². The second-order valence-electron chi connectivity index (χ2n) is 4.77. The highest BCUT2D eigenvalue weighted by Gasteiger charge is 2.31. The van der Waals surface area contributed by atoms with Crippen molar-refractivity contribution in [2.24, 2.45) is 0 Å². The average molecular weight is 322 g/mol. The smallest absolute Gasteiger partial charge is 0.338 e. The summed E-state index contributed by atoms with van der Waals surface area (Å²) in [5.74, 6) is -1.03. The third-order valence-electron chi connectivity index (χ3n) is 3.50. The van der Waals surface area contributed by atoms with Crippen molar-refractivity contribution in [2.45, 2.75) is 18.9 Å². The van der Waals surface area contributed by atoms with Crippen LogP contribution in [0.1, 0.15) is 34.1 Å². The molecule has 2 aromatic rings. The SMILES string of the molecule is O=C(O)c1ccsc1NC(=O)N1CCCC1c1cccs1. The van der Waals surface area contributed by atoms with E-state index in [0.29, 0.717) is 11.5 Å². The maximum atomic E-state index is 12.4. The van der Waals surface area contributed by atoms with Crippen LogP contribution < -0.4 is 5.32 Å². The van der Waals surface area contributed by atoms with Crippen molar-refractivity contribution in [1.82, 2.24) is 4.90 Å². The zero-order valence-electron chi connectivity index (χ0n) is 11.1. The Balaban J connectivity index is 1.76. The summed E-state index contributed by atoms with van der Waals surface area (Å²) >= 11 is 2.87. The normalized spacial score (nSPS) is 17.9. The van der Waals surface area contributed by atoms with E-state index < -0.39 is 5.97 Å². The summed E-state index contributed by atoms with van der Waals surface area (Å²) in [5, 5.41) is 15.9. The average Bonchev–Trinajstić information content (AvgIpc) is 3.19. The lowest BCUT2D eigenvalue weighted by Crippen LogP contribution is -2.34. The molecule has 0 spiro atoms. The van der Waals surface area contributed by atoms with E-state index in [1.54, 1.807) is 21.6 Å². The van der Waals surface area contributed by atoms with Crippen LogP contribution in [0.25, 0.3) is 0 Å². The van der Waals surface area contributed by atoms with Crippen LogP contribution in [0.3, 0.4) is 0 Å². The summed E-state index contributed by atoms with van der Waals surface area (Å²) in [5.41, 5.74) is 0.139. The molecule has 1 aliphatic heterocycles. The number of urea groups is 1. The Morgan fingerprint density at radius 3 is 2.86 bits per heavy atom. The molecule has 1 fully saturated rings.